The Labute approximate surface area is 201 Å². The van der Waals surface area contributed by atoms with Gasteiger partial charge in [0.1, 0.15) is 18.0 Å². The van der Waals surface area contributed by atoms with Crippen LogP contribution in [0.2, 0.25) is 0 Å². The summed E-state index contributed by atoms with van der Waals surface area (Å²) >= 11 is 0. The molecule has 1 unspecified atom stereocenters. The molecule has 1 atom stereocenters. The average Bonchev–Trinajstić information content (AvgIpc) is 3.61. The van der Waals surface area contributed by atoms with Crippen LogP contribution in [0.4, 0.5) is 4.79 Å². The van der Waals surface area contributed by atoms with Gasteiger partial charge in [-0.1, -0.05) is 19.1 Å². The molecule has 2 heterocycles. The Hall–Kier alpha value is -3.35. The Morgan fingerprint density at radius 2 is 1.85 bits per heavy atom. The molecular weight excluding hydrogens is 430 g/mol. The summed E-state index contributed by atoms with van der Waals surface area (Å²) in [5, 5.41) is 2.98. The van der Waals surface area contributed by atoms with Gasteiger partial charge in [-0.3, -0.25) is 9.78 Å². The first-order valence-corrected chi connectivity index (χ1v) is 11.8. The van der Waals surface area contributed by atoms with Crippen molar-refractivity contribution in [3.05, 3.63) is 65.5 Å². The van der Waals surface area contributed by atoms with Gasteiger partial charge in [0.05, 0.1) is 5.69 Å². The number of aromatic nitrogens is 1. The van der Waals surface area contributed by atoms with E-state index in [0.717, 1.165) is 24.1 Å². The van der Waals surface area contributed by atoms with E-state index in [0.29, 0.717) is 37.1 Å². The van der Waals surface area contributed by atoms with E-state index in [2.05, 4.69) is 23.3 Å². The number of nitrogens with zero attached hydrogens (tertiary/aromatic N) is 2. The molecule has 7 nitrogen and oxygen atoms in total. The average molecular weight is 464 g/mol. The topological polar surface area (TPSA) is 80.8 Å². The van der Waals surface area contributed by atoms with Crippen LogP contribution in [0.1, 0.15) is 62.2 Å². The number of pyridine rings is 1. The first-order chi connectivity index (χ1) is 16.2. The van der Waals surface area contributed by atoms with Crippen LogP contribution in [-0.4, -0.2) is 46.6 Å². The van der Waals surface area contributed by atoms with E-state index in [-0.39, 0.29) is 17.9 Å². The van der Waals surface area contributed by atoms with Crippen LogP contribution in [0.25, 0.3) is 5.57 Å². The predicted molar refractivity (Wildman–Crippen MR) is 130 cm³/mol. The van der Waals surface area contributed by atoms with Gasteiger partial charge in [0.2, 0.25) is 0 Å². The van der Waals surface area contributed by atoms with Crippen molar-refractivity contribution in [3.8, 4) is 5.75 Å². The van der Waals surface area contributed by atoms with Crippen molar-refractivity contribution in [3.63, 3.8) is 0 Å². The molecule has 1 N–H and O–H groups in total. The van der Waals surface area contributed by atoms with Gasteiger partial charge in [0, 0.05) is 30.9 Å². The van der Waals surface area contributed by atoms with Crippen molar-refractivity contribution in [2.75, 3.05) is 13.1 Å². The first kappa shape index (κ1) is 23.8. The van der Waals surface area contributed by atoms with Crippen molar-refractivity contribution < 1.29 is 19.1 Å². The molecule has 34 heavy (non-hydrogen) atoms. The Kier molecular flexibility index (Phi) is 6.91. The fourth-order valence-electron chi connectivity index (χ4n) is 3.83. The highest BCUT2D eigenvalue weighted by atomic mass is 16.6. The minimum atomic E-state index is -0.501. The summed E-state index contributed by atoms with van der Waals surface area (Å²) in [6.45, 7) is 9.21. The number of rotatable bonds is 6. The van der Waals surface area contributed by atoms with Crippen LogP contribution < -0.4 is 10.1 Å². The Bertz CT molecular complexity index is 1050. The van der Waals surface area contributed by atoms with E-state index in [1.165, 1.54) is 5.57 Å². The molecule has 0 bridgehead atoms. The summed E-state index contributed by atoms with van der Waals surface area (Å²) in [5.74, 6) is 0.840. The van der Waals surface area contributed by atoms with Crippen molar-refractivity contribution in [1.29, 1.82) is 0 Å². The van der Waals surface area contributed by atoms with Crippen molar-refractivity contribution in [2.24, 2.45) is 5.92 Å². The molecule has 0 saturated heterocycles. The van der Waals surface area contributed by atoms with Crippen molar-refractivity contribution in [1.82, 2.24) is 15.2 Å². The Morgan fingerprint density at radius 1 is 1.12 bits per heavy atom. The number of carbonyl (C=O) groups is 2. The number of amides is 2. The number of carbonyl (C=O) groups excluding carboxylic acids is 2. The molecule has 0 radical (unpaired) electrons. The molecule has 1 aliphatic heterocycles. The summed E-state index contributed by atoms with van der Waals surface area (Å²) in [7, 11) is 0. The van der Waals surface area contributed by atoms with Gasteiger partial charge in [-0.25, -0.2) is 4.79 Å². The molecule has 1 fully saturated rings. The van der Waals surface area contributed by atoms with Gasteiger partial charge in [0.15, 0.2) is 0 Å². The largest absolute Gasteiger partial charge is 0.487 e. The highest BCUT2D eigenvalue weighted by Gasteiger charge is 2.27. The van der Waals surface area contributed by atoms with Crippen LogP contribution in [0.3, 0.4) is 0 Å². The molecule has 1 aromatic heterocycles. The lowest BCUT2D eigenvalue weighted by Gasteiger charge is -2.33. The minimum Gasteiger partial charge on any atom is -0.487 e. The smallest absolute Gasteiger partial charge is 0.410 e. The van der Waals surface area contributed by atoms with Gasteiger partial charge >= 0.3 is 6.09 Å². The standard InChI is InChI=1S/C27H33N3O4/c1-18-16-30(26(32)34-27(2,3)4)14-13-24(18)20-5-8-22(28-15-20)17-33-23-11-6-19(7-12-23)25(31)29-21-9-10-21/h5-8,11-13,15,18,21H,9-10,14,16-17H2,1-4H3,(H,29,31). The summed E-state index contributed by atoms with van der Waals surface area (Å²) in [6.07, 6.45) is 5.79. The molecule has 1 aliphatic carbocycles. The third kappa shape index (κ3) is 6.37. The highest BCUT2D eigenvalue weighted by Crippen LogP contribution is 2.28. The third-order valence-corrected chi connectivity index (χ3v) is 5.78. The normalized spacial score (nSPS) is 18.2. The maximum Gasteiger partial charge on any atom is 0.410 e. The van der Waals surface area contributed by atoms with Gasteiger partial charge < -0.3 is 19.7 Å². The molecule has 4 rings (SSSR count). The van der Waals surface area contributed by atoms with Gasteiger partial charge in [-0.15, -0.1) is 0 Å². The second kappa shape index (κ2) is 9.87. The highest BCUT2D eigenvalue weighted by molar-refractivity contribution is 5.94. The summed E-state index contributed by atoms with van der Waals surface area (Å²) in [6, 6.07) is 11.5. The lowest BCUT2D eigenvalue weighted by Crippen LogP contribution is -2.41. The molecule has 180 valence electrons. The van der Waals surface area contributed by atoms with E-state index >= 15 is 0 Å². The van der Waals surface area contributed by atoms with Crippen LogP contribution in [-0.2, 0) is 11.3 Å². The summed E-state index contributed by atoms with van der Waals surface area (Å²) < 4.78 is 11.3. The van der Waals surface area contributed by atoms with Crippen LogP contribution in [0, 0.1) is 5.92 Å². The lowest BCUT2D eigenvalue weighted by atomic mass is 9.91. The minimum absolute atomic E-state index is 0.0354. The molecule has 7 heteroatoms. The van der Waals surface area contributed by atoms with Crippen LogP contribution in [0.5, 0.6) is 5.75 Å². The van der Waals surface area contributed by atoms with Crippen molar-refractivity contribution in [2.45, 2.75) is 58.8 Å². The maximum atomic E-state index is 12.4. The fraction of sp³-hybridized carbons (Fsp3) is 0.444. The number of hydrogen-bond acceptors (Lipinski definition) is 5. The lowest BCUT2D eigenvalue weighted by molar-refractivity contribution is 0.0251. The van der Waals surface area contributed by atoms with Crippen molar-refractivity contribution >= 4 is 17.6 Å². The molecule has 2 aliphatic rings. The van der Waals surface area contributed by atoms with Crippen LogP contribution in [0.15, 0.2) is 48.7 Å². The quantitative estimate of drug-likeness (QED) is 0.664. The third-order valence-electron chi connectivity index (χ3n) is 5.78. The second-order valence-corrected chi connectivity index (χ2v) is 10.0. The molecular formula is C27H33N3O4. The SMILES string of the molecule is CC1CN(C(=O)OC(C)(C)C)CC=C1c1ccc(COc2ccc(C(=O)NC3CC3)cc2)nc1. The number of benzene rings is 1. The number of hydrogen-bond donors (Lipinski definition) is 1. The van der Waals surface area contributed by atoms with E-state index in [9.17, 15) is 9.59 Å². The number of ether oxygens (including phenoxy) is 2. The fourth-order valence-corrected chi connectivity index (χ4v) is 3.83. The maximum absolute atomic E-state index is 12.4. The number of nitrogens with one attached hydrogen (secondary N) is 1. The predicted octanol–water partition coefficient (Wildman–Crippen LogP) is 4.82. The monoisotopic (exact) mass is 463 g/mol. The Morgan fingerprint density at radius 3 is 2.44 bits per heavy atom. The van der Waals surface area contributed by atoms with Gasteiger partial charge in [-0.05, 0) is 81.0 Å². The Balaban J connectivity index is 1.30. The molecule has 1 aromatic carbocycles. The van der Waals surface area contributed by atoms with E-state index in [1.807, 2.05) is 39.1 Å². The van der Waals surface area contributed by atoms with Gasteiger partial charge in [-0.2, -0.15) is 0 Å². The van der Waals surface area contributed by atoms with Gasteiger partial charge in [0.25, 0.3) is 5.91 Å². The molecule has 0 spiro atoms. The summed E-state index contributed by atoms with van der Waals surface area (Å²) in [4.78, 5) is 30.7. The van der Waals surface area contributed by atoms with Crippen LogP contribution >= 0.6 is 0 Å². The zero-order valence-corrected chi connectivity index (χ0v) is 20.3. The zero-order chi connectivity index (χ0) is 24.3. The second-order valence-electron chi connectivity index (χ2n) is 10.0. The zero-order valence-electron chi connectivity index (χ0n) is 20.3. The molecule has 2 aromatic rings. The first-order valence-electron chi connectivity index (χ1n) is 11.8. The summed E-state index contributed by atoms with van der Waals surface area (Å²) in [5.41, 5.74) is 3.19. The molecule has 1 saturated carbocycles. The molecule has 2 amide bonds. The van der Waals surface area contributed by atoms with E-state index in [1.54, 1.807) is 29.2 Å². The van der Waals surface area contributed by atoms with E-state index in [4.69, 9.17) is 9.47 Å². The van der Waals surface area contributed by atoms with E-state index < -0.39 is 5.60 Å².